The van der Waals surface area contributed by atoms with Gasteiger partial charge in [-0.3, -0.25) is 4.79 Å². The molecule has 1 rings (SSSR count). The van der Waals surface area contributed by atoms with Crippen LogP contribution in [0.5, 0.6) is 0 Å². The van der Waals surface area contributed by atoms with Crippen LogP contribution in [0.1, 0.15) is 33.1 Å². The Bertz CT molecular complexity index is 127. The van der Waals surface area contributed by atoms with Crippen molar-refractivity contribution in [3.63, 3.8) is 0 Å². The fourth-order valence-corrected chi connectivity index (χ4v) is 0.697. The van der Waals surface area contributed by atoms with Gasteiger partial charge < -0.3 is 4.74 Å². The zero-order chi connectivity index (χ0) is 7.56. The highest BCUT2D eigenvalue weighted by Gasteiger charge is 2.31. The first-order valence-electron chi connectivity index (χ1n) is 3.94. The number of rotatable bonds is 3. The second-order valence-electron chi connectivity index (χ2n) is 2.93. The smallest absolute Gasteiger partial charge is 0.309 e. The topological polar surface area (TPSA) is 26.3 Å². The molecule has 0 saturated heterocycles. The number of carbonyl (C=O) groups excluding carboxylic acids is 1. The zero-order valence-corrected chi connectivity index (χ0v) is 6.59. The van der Waals surface area contributed by atoms with Gasteiger partial charge in [-0.1, -0.05) is 6.92 Å². The third-order valence-corrected chi connectivity index (χ3v) is 1.80. The van der Waals surface area contributed by atoms with Crippen molar-refractivity contribution in [1.82, 2.24) is 0 Å². The van der Waals surface area contributed by atoms with E-state index in [0.29, 0.717) is 0 Å². The van der Waals surface area contributed by atoms with E-state index in [1.54, 1.807) is 0 Å². The quantitative estimate of drug-likeness (QED) is 0.561. The zero-order valence-electron chi connectivity index (χ0n) is 6.59. The molecule has 0 heterocycles. The van der Waals surface area contributed by atoms with E-state index in [2.05, 4.69) is 0 Å². The molecule has 0 bridgehead atoms. The average molecular weight is 142 g/mol. The van der Waals surface area contributed by atoms with Gasteiger partial charge in [-0.15, -0.1) is 0 Å². The maximum absolute atomic E-state index is 11.0. The van der Waals surface area contributed by atoms with E-state index in [1.807, 2.05) is 13.8 Å². The molecule has 0 aromatic rings. The molecule has 0 aliphatic heterocycles. The summed E-state index contributed by atoms with van der Waals surface area (Å²) in [6, 6.07) is 0. The maximum atomic E-state index is 11.0. The third kappa shape index (κ3) is 2.01. The Kier molecular flexibility index (Phi) is 2.30. The highest BCUT2D eigenvalue weighted by molar-refractivity contribution is 5.75. The molecule has 1 aliphatic rings. The monoisotopic (exact) mass is 142 g/mol. The molecule has 2 heteroatoms. The molecule has 0 N–H and O–H groups in total. The summed E-state index contributed by atoms with van der Waals surface area (Å²) in [5.41, 5.74) is 0. The fraction of sp³-hybridized carbons (Fsp3) is 0.875. The SMILES string of the molecule is CC[C@H](C)OC(=O)C1CC1. The Morgan fingerprint density at radius 2 is 2.30 bits per heavy atom. The predicted molar refractivity (Wildman–Crippen MR) is 38.6 cm³/mol. The van der Waals surface area contributed by atoms with Crippen LogP contribution < -0.4 is 0 Å². The minimum absolute atomic E-state index is 0.00866. The van der Waals surface area contributed by atoms with Gasteiger partial charge in [0.25, 0.3) is 0 Å². The molecule has 0 unspecified atom stereocenters. The molecule has 0 aromatic heterocycles. The van der Waals surface area contributed by atoms with Crippen molar-refractivity contribution in [2.24, 2.45) is 5.92 Å². The lowest BCUT2D eigenvalue weighted by Gasteiger charge is -2.09. The van der Waals surface area contributed by atoms with E-state index < -0.39 is 0 Å². The maximum Gasteiger partial charge on any atom is 0.309 e. The number of esters is 1. The fourth-order valence-electron chi connectivity index (χ4n) is 0.697. The largest absolute Gasteiger partial charge is 0.462 e. The molecule has 1 atom stereocenters. The molecule has 0 aromatic carbocycles. The van der Waals surface area contributed by atoms with Gasteiger partial charge in [0.05, 0.1) is 12.0 Å². The van der Waals surface area contributed by atoms with Gasteiger partial charge in [0.1, 0.15) is 0 Å². The van der Waals surface area contributed by atoms with Crippen molar-refractivity contribution in [1.29, 1.82) is 0 Å². The van der Waals surface area contributed by atoms with Crippen molar-refractivity contribution < 1.29 is 9.53 Å². The van der Waals surface area contributed by atoms with Crippen molar-refractivity contribution in [2.45, 2.75) is 39.2 Å². The third-order valence-electron chi connectivity index (χ3n) is 1.80. The lowest BCUT2D eigenvalue weighted by Crippen LogP contribution is -2.14. The normalized spacial score (nSPS) is 20.2. The number of hydrogen-bond acceptors (Lipinski definition) is 2. The van der Waals surface area contributed by atoms with E-state index in [0.717, 1.165) is 19.3 Å². The van der Waals surface area contributed by atoms with E-state index in [1.165, 1.54) is 0 Å². The van der Waals surface area contributed by atoms with E-state index in [9.17, 15) is 4.79 Å². The van der Waals surface area contributed by atoms with Crippen molar-refractivity contribution >= 4 is 5.97 Å². The Morgan fingerprint density at radius 1 is 1.70 bits per heavy atom. The van der Waals surface area contributed by atoms with Gasteiger partial charge >= 0.3 is 5.97 Å². The number of carbonyl (C=O) groups is 1. The first-order valence-corrected chi connectivity index (χ1v) is 3.94. The highest BCUT2D eigenvalue weighted by Crippen LogP contribution is 2.30. The molecule has 0 radical (unpaired) electrons. The summed E-state index contributed by atoms with van der Waals surface area (Å²) in [5.74, 6) is 0.253. The standard InChI is InChI=1S/C8H14O2/c1-3-6(2)10-8(9)7-4-5-7/h6-7H,3-5H2,1-2H3/t6-/m0/s1. The van der Waals surface area contributed by atoms with Crippen LogP contribution in [0.3, 0.4) is 0 Å². The molecule has 1 fully saturated rings. The van der Waals surface area contributed by atoms with Gasteiger partial charge in [0.2, 0.25) is 0 Å². The molecular formula is C8H14O2. The second-order valence-corrected chi connectivity index (χ2v) is 2.93. The van der Waals surface area contributed by atoms with Crippen LogP contribution in [0, 0.1) is 5.92 Å². The predicted octanol–water partition coefficient (Wildman–Crippen LogP) is 1.74. The molecule has 1 aliphatic carbocycles. The summed E-state index contributed by atoms with van der Waals surface area (Å²) in [6.07, 6.45) is 3.09. The van der Waals surface area contributed by atoms with Crippen LogP contribution >= 0.6 is 0 Å². The van der Waals surface area contributed by atoms with Gasteiger partial charge in [0, 0.05) is 0 Å². The van der Waals surface area contributed by atoms with Gasteiger partial charge in [-0.2, -0.15) is 0 Å². The van der Waals surface area contributed by atoms with Crippen molar-refractivity contribution in [2.75, 3.05) is 0 Å². The Morgan fingerprint density at radius 3 is 2.70 bits per heavy atom. The highest BCUT2D eigenvalue weighted by atomic mass is 16.5. The van der Waals surface area contributed by atoms with Crippen LogP contribution in [0.25, 0.3) is 0 Å². The summed E-state index contributed by atoms with van der Waals surface area (Å²) in [5, 5.41) is 0. The summed E-state index contributed by atoms with van der Waals surface area (Å²) in [7, 11) is 0. The lowest BCUT2D eigenvalue weighted by molar-refractivity contribution is -0.149. The molecule has 58 valence electrons. The molecular weight excluding hydrogens is 128 g/mol. The van der Waals surface area contributed by atoms with Crippen molar-refractivity contribution in [3.05, 3.63) is 0 Å². The first kappa shape index (κ1) is 7.58. The van der Waals surface area contributed by atoms with Crippen LogP contribution in [0.15, 0.2) is 0 Å². The van der Waals surface area contributed by atoms with Gasteiger partial charge in [-0.25, -0.2) is 0 Å². The van der Waals surface area contributed by atoms with Crippen molar-refractivity contribution in [3.8, 4) is 0 Å². The first-order chi connectivity index (χ1) is 4.74. The van der Waals surface area contributed by atoms with Gasteiger partial charge in [-0.05, 0) is 26.2 Å². The Labute approximate surface area is 61.6 Å². The summed E-state index contributed by atoms with van der Waals surface area (Å²) >= 11 is 0. The number of hydrogen-bond donors (Lipinski definition) is 0. The van der Waals surface area contributed by atoms with Gasteiger partial charge in [0.15, 0.2) is 0 Å². The Hall–Kier alpha value is -0.530. The summed E-state index contributed by atoms with van der Waals surface area (Å²) in [4.78, 5) is 11.0. The Balaban J connectivity index is 2.16. The minimum atomic E-state index is 0.00866. The number of ether oxygens (including phenoxy) is 1. The molecule has 2 nitrogen and oxygen atoms in total. The van der Waals surface area contributed by atoms with E-state index >= 15 is 0 Å². The van der Waals surface area contributed by atoms with Crippen LogP contribution in [0.4, 0.5) is 0 Å². The van der Waals surface area contributed by atoms with Crippen LogP contribution in [-0.4, -0.2) is 12.1 Å². The summed E-state index contributed by atoms with van der Waals surface area (Å²) in [6.45, 7) is 3.95. The van der Waals surface area contributed by atoms with Crippen LogP contribution in [0.2, 0.25) is 0 Å². The minimum Gasteiger partial charge on any atom is -0.462 e. The average Bonchev–Trinajstić information content (AvgIpc) is 2.68. The van der Waals surface area contributed by atoms with E-state index in [-0.39, 0.29) is 18.0 Å². The molecule has 0 spiro atoms. The second kappa shape index (κ2) is 3.04. The lowest BCUT2D eigenvalue weighted by atomic mass is 10.3. The van der Waals surface area contributed by atoms with E-state index in [4.69, 9.17) is 4.74 Å². The molecule has 0 amide bonds. The molecule has 1 saturated carbocycles. The summed E-state index contributed by atoms with van der Waals surface area (Å²) < 4.78 is 5.08. The molecule has 10 heavy (non-hydrogen) atoms. The van der Waals surface area contributed by atoms with Crippen LogP contribution in [-0.2, 0) is 9.53 Å².